The Labute approximate surface area is 111 Å². The molecule has 1 N–H and O–H groups in total. The van der Waals surface area contributed by atoms with Crippen LogP contribution < -0.4 is 10.1 Å². The van der Waals surface area contributed by atoms with E-state index >= 15 is 0 Å². The number of rotatable bonds is 5. The first-order chi connectivity index (χ1) is 9.19. The molecule has 0 bridgehead atoms. The molecule has 1 aromatic carbocycles. The van der Waals surface area contributed by atoms with Gasteiger partial charge in [0, 0.05) is 17.8 Å². The average molecular weight is 260 g/mol. The van der Waals surface area contributed by atoms with Gasteiger partial charge in [0.1, 0.15) is 5.75 Å². The van der Waals surface area contributed by atoms with E-state index in [9.17, 15) is 4.79 Å². The van der Waals surface area contributed by atoms with Gasteiger partial charge in [-0.05, 0) is 25.5 Å². The van der Waals surface area contributed by atoms with E-state index in [1.807, 2.05) is 19.1 Å². The summed E-state index contributed by atoms with van der Waals surface area (Å²) in [6.07, 6.45) is 0.938. The average Bonchev–Trinajstić information content (AvgIpc) is 2.83. The Hall–Kier alpha value is -2.30. The molecular formula is C14H16N2O3. The van der Waals surface area contributed by atoms with E-state index in [0.717, 1.165) is 12.2 Å². The first kappa shape index (κ1) is 13.1. The van der Waals surface area contributed by atoms with Crippen molar-refractivity contribution in [3.05, 3.63) is 41.8 Å². The van der Waals surface area contributed by atoms with Gasteiger partial charge in [-0.2, -0.15) is 0 Å². The number of anilines is 1. The van der Waals surface area contributed by atoms with Gasteiger partial charge in [0.15, 0.2) is 0 Å². The van der Waals surface area contributed by atoms with Crippen molar-refractivity contribution in [3.8, 4) is 5.75 Å². The molecule has 0 aliphatic rings. The number of benzene rings is 1. The fraction of sp³-hybridized carbons (Fsp3) is 0.286. The van der Waals surface area contributed by atoms with Crippen LogP contribution in [0.15, 0.2) is 34.9 Å². The topological polar surface area (TPSA) is 64.4 Å². The first-order valence-corrected chi connectivity index (χ1v) is 6.16. The van der Waals surface area contributed by atoms with Crippen LogP contribution in [0.1, 0.15) is 29.6 Å². The third-order valence-electron chi connectivity index (χ3n) is 2.42. The Kier molecular flexibility index (Phi) is 4.18. The SMILES string of the molecule is CCCOc1cccc(NC(=O)c2cc(C)no2)c1. The summed E-state index contributed by atoms with van der Waals surface area (Å²) < 4.78 is 10.4. The molecule has 1 amide bonds. The number of aromatic nitrogens is 1. The molecular weight excluding hydrogens is 244 g/mol. The number of hydrogen-bond donors (Lipinski definition) is 1. The maximum Gasteiger partial charge on any atom is 0.294 e. The Bertz CT molecular complexity index is 563. The molecule has 2 rings (SSSR count). The van der Waals surface area contributed by atoms with E-state index in [-0.39, 0.29) is 11.7 Å². The third kappa shape index (κ3) is 3.58. The molecule has 0 radical (unpaired) electrons. The predicted octanol–water partition coefficient (Wildman–Crippen LogP) is 3.02. The van der Waals surface area contributed by atoms with Crippen LogP contribution in [0.2, 0.25) is 0 Å². The Morgan fingerprint density at radius 3 is 2.95 bits per heavy atom. The number of hydrogen-bond acceptors (Lipinski definition) is 4. The van der Waals surface area contributed by atoms with Gasteiger partial charge < -0.3 is 14.6 Å². The zero-order valence-electron chi connectivity index (χ0n) is 11.0. The lowest BCUT2D eigenvalue weighted by molar-refractivity contribution is 0.0988. The van der Waals surface area contributed by atoms with Crippen LogP contribution in [0.3, 0.4) is 0 Å². The van der Waals surface area contributed by atoms with Crippen molar-refractivity contribution in [2.45, 2.75) is 20.3 Å². The summed E-state index contributed by atoms with van der Waals surface area (Å²) in [5.74, 6) is 0.596. The second kappa shape index (κ2) is 6.04. The van der Waals surface area contributed by atoms with Crippen molar-refractivity contribution in [1.82, 2.24) is 5.16 Å². The maximum atomic E-state index is 11.9. The smallest absolute Gasteiger partial charge is 0.294 e. The van der Waals surface area contributed by atoms with E-state index in [4.69, 9.17) is 9.26 Å². The zero-order chi connectivity index (χ0) is 13.7. The van der Waals surface area contributed by atoms with Crippen molar-refractivity contribution < 1.29 is 14.1 Å². The van der Waals surface area contributed by atoms with E-state index < -0.39 is 0 Å². The number of carbonyl (C=O) groups excluding carboxylic acids is 1. The number of nitrogens with one attached hydrogen (secondary N) is 1. The number of carbonyl (C=O) groups is 1. The van der Waals surface area contributed by atoms with Crippen LogP contribution in [0, 0.1) is 6.92 Å². The first-order valence-electron chi connectivity index (χ1n) is 6.16. The van der Waals surface area contributed by atoms with Crippen LogP contribution in [-0.2, 0) is 0 Å². The summed E-state index contributed by atoms with van der Waals surface area (Å²) in [6, 6.07) is 8.83. The van der Waals surface area contributed by atoms with E-state index in [1.54, 1.807) is 25.1 Å². The van der Waals surface area contributed by atoms with E-state index in [2.05, 4.69) is 10.5 Å². The lowest BCUT2D eigenvalue weighted by Crippen LogP contribution is -2.11. The second-order valence-electron chi connectivity index (χ2n) is 4.16. The number of nitrogens with zero attached hydrogens (tertiary/aromatic N) is 1. The monoisotopic (exact) mass is 260 g/mol. The summed E-state index contributed by atoms with van der Waals surface area (Å²) in [5, 5.41) is 6.41. The van der Waals surface area contributed by atoms with Gasteiger partial charge in [-0.15, -0.1) is 0 Å². The molecule has 1 heterocycles. The molecule has 0 aliphatic carbocycles. The minimum Gasteiger partial charge on any atom is -0.494 e. The lowest BCUT2D eigenvalue weighted by atomic mass is 10.3. The molecule has 0 spiro atoms. The molecule has 0 atom stereocenters. The highest BCUT2D eigenvalue weighted by Crippen LogP contribution is 2.18. The number of ether oxygens (including phenoxy) is 1. The molecule has 0 fully saturated rings. The maximum absolute atomic E-state index is 11.9. The van der Waals surface area contributed by atoms with Crippen LogP contribution in [0.5, 0.6) is 5.75 Å². The largest absolute Gasteiger partial charge is 0.494 e. The van der Waals surface area contributed by atoms with Gasteiger partial charge in [0.2, 0.25) is 5.76 Å². The molecule has 0 saturated heterocycles. The normalized spacial score (nSPS) is 10.2. The quantitative estimate of drug-likeness (QED) is 0.897. The van der Waals surface area contributed by atoms with Crippen molar-refractivity contribution in [2.24, 2.45) is 0 Å². The van der Waals surface area contributed by atoms with Crippen molar-refractivity contribution in [3.63, 3.8) is 0 Å². The van der Waals surface area contributed by atoms with Crippen molar-refractivity contribution in [1.29, 1.82) is 0 Å². The standard InChI is InChI=1S/C14H16N2O3/c1-3-7-18-12-6-4-5-11(9-12)15-14(17)13-8-10(2)16-19-13/h4-6,8-9H,3,7H2,1-2H3,(H,15,17). The summed E-state index contributed by atoms with van der Waals surface area (Å²) in [7, 11) is 0. The zero-order valence-corrected chi connectivity index (χ0v) is 11.0. The molecule has 5 nitrogen and oxygen atoms in total. The molecule has 100 valence electrons. The summed E-state index contributed by atoms with van der Waals surface area (Å²) in [4.78, 5) is 11.9. The van der Waals surface area contributed by atoms with Gasteiger partial charge >= 0.3 is 0 Å². The molecule has 5 heteroatoms. The minimum absolute atomic E-state index is 0.192. The highest BCUT2D eigenvalue weighted by Gasteiger charge is 2.11. The van der Waals surface area contributed by atoms with Gasteiger partial charge in [-0.25, -0.2) is 0 Å². The van der Waals surface area contributed by atoms with Crippen LogP contribution >= 0.6 is 0 Å². The van der Waals surface area contributed by atoms with Gasteiger partial charge in [-0.1, -0.05) is 18.1 Å². The summed E-state index contributed by atoms with van der Waals surface area (Å²) in [5.41, 5.74) is 1.33. The molecule has 1 aromatic heterocycles. The minimum atomic E-state index is -0.326. The molecule has 2 aromatic rings. The molecule has 0 saturated carbocycles. The summed E-state index contributed by atoms with van der Waals surface area (Å²) in [6.45, 7) is 4.45. The predicted molar refractivity (Wildman–Crippen MR) is 71.4 cm³/mol. The highest BCUT2D eigenvalue weighted by molar-refractivity contribution is 6.02. The Morgan fingerprint density at radius 2 is 2.26 bits per heavy atom. The highest BCUT2D eigenvalue weighted by atomic mass is 16.5. The van der Waals surface area contributed by atoms with Crippen LogP contribution in [0.25, 0.3) is 0 Å². The summed E-state index contributed by atoms with van der Waals surface area (Å²) >= 11 is 0. The van der Waals surface area contributed by atoms with Crippen molar-refractivity contribution in [2.75, 3.05) is 11.9 Å². The van der Waals surface area contributed by atoms with Crippen LogP contribution in [-0.4, -0.2) is 17.7 Å². The fourth-order valence-corrected chi connectivity index (χ4v) is 1.55. The van der Waals surface area contributed by atoms with Gasteiger partial charge in [0.05, 0.1) is 12.3 Å². The van der Waals surface area contributed by atoms with Gasteiger partial charge in [-0.3, -0.25) is 4.79 Å². The number of amides is 1. The van der Waals surface area contributed by atoms with Crippen LogP contribution in [0.4, 0.5) is 5.69 Å². The Balaban J connectivity index is 2.04. The van der Waals surface area contributed by atoms with Gasteiger partial charge in [0.25, 0.3) is 5.91 Å². The third-order valence-corrected chi connectivity index (χ3v) is 2.42. The fourth-order valence-electron chi connectivity index (χ4n) is 1.55. The molecule has 0 aliphatic heterocycles. The van der Waals surface area contributed by atoms with E-state index in [1.165, 1.54) is 0 Å². The lowest BCUT2D eigenvalue weighted by Gasteiger charge is -2.07. The number of aryl methyl sites for hydroxylation is 1. The second-order valence-corrected chi connectivity index (χ2v) is 4.16. The molecule has 19 heavy (non-hydrogen) atoms. The molecule has 0 unspecified atom stereocenters. The van der Waals surface area contributed by atoms with E-state index in [0.29, 0.717) is 18.0 Å². The van der Waals surface area contributed by atoms with Crippen molar-refractivity contribution >= 4 is 11.6 Å². The Morgan fingerprint density at radius 1 is 1.42 bits per heavy atom.